The van der Waals surface area contributed by atoms with Crippen LogP contribution >= 0.6 is 12.2 Å². The van der Waals surface area contributed by atoms with Crippen LogP contribution in [0, 0.1) is 0 Å². The summed E-state index contributed by atoms with van der Waals surface area (Å²) in [6, 6.07) is 14.0. The molecule has 2 aromatic rings. The minimum Gasteiger partial charge on any atom is -0.493 e. The number of hydrogen-bond donors (Lipinski definition) is 2. The van der Waals surface area contributed by atoms with Gasteiger partial charge in [0.25, 0.3) is 11.8 Å². The van der Waals surface area contributed by atoms with E-state index in [1.54, 1.807) is 56.6 Å². The predicted octanol–water partition coefficient (Wildman–Crippen LogP) is 4.08. The van der Waals surface area contributed by atoms with Gasteiger partial charge in [-0.15, -0.1) is 0 Å². The van der Waals surface area contributed by atoms with E-state index in [4.69, 9.17) is 17.0 Å². The van der Waals surface area contributed by atoms with E-state index in [0.29, 0.717) is 29.2 Å². The Morgan fingerprint density at radius 1 is 1.07 bits per heavy atom. The van der Waals surface area contributed by atoms with Crippen molar-refractivity contribution in [3.63, 3.8) is 0 Å². The topological polar surface area (TPSA) is 70.7 Å². The van der Waals surface area contributed by atoms with Crippen molar-refractivity contribution < 1.29 is 14.3 Å². The van der Waals surface area contributed by atoms with Crippen molar-refractivity contribution in [2.75, 3.05) is 26.0 Å². The molecule has 2 aromatic carbocycles. The number of hydrogen-bond acceptors (Lipinski definition) is 4. The second-order valence-corrected chi connectivity index (χ2v) is 7.15. The van der Waals surface area contributed by atoms with Crippen LogP contribution in [-0.2, 0) is 0 Å². The fourth-order valence-corrected chi connectivity index (χ4v) is 2.85. The van der Waals surface area contributed by atoms with E-state index >= 15 is 0 Å². The molecule has 0 heterocycles. The number of carbonyl (C=O) groups excluding carboxylic acids is 2. The maximum Gasteiger partial charge on any atom is 0.261 e. The number of thiocarbonyl (C=S) groups is 1. The van der Waals surface area contributed by atoms with Gasteiger partial charge in [0.05, 0.1) is 12.2 Å². The lowest BCUT2D eigenvalue weighted by atomic mass is 10.2. The van der Waals surface area contributed by atoms with Crippen LogP contribution in [0.2, 0.25) is 0 Å². The van der Waals surface area contributed by atoms with Gasteiger partial charge >= 0.3 is 0 Å². The first-order chi connectivity index (χ1) is 13.9. The van der Waals surface area contributed by atoms with Gasteiger partial charge in [-0.1, -0.05) is 38.0 Å². The molecule has 0 saturated heterocycles. The van der Waals surface area contributed by atoms with Crippen molar-refractivity contribution >= 4 is 34.8 Å². The summed E-state index contributed by atoms with van der Waals surface area (Å²) in [5.41, 5.74) is 1.57. The molecular formula is C22H27N3O3S. The first-order valence-corrected chi connectivity index (χ1v) is 9.99. The number of benzene rings is 2. The van der Waals surface area contributed by atoms with Crippen LogP contribution in [0.1, 0.15) is 46.9 Å². The first-order valence-electron chi connectivity index (χ1n) is 9.58. The summed E-state index contributed by atoms with van der Waals surface area (Å²) < 4.78 is 5.76. The van der Waals surface area contributed by atoms with Crippen LogP contribution in [0.4, 0.5) is 5.69 Å². The van der Waals surface area contributed by atoms with E-state index in [9.17, 15) is 9.59 Å². The van der Waals surface area contributed by atoms with Crippen molar-refractivity contribution in [3.8, 4) is 5.75 Å². The summed E-state index contributed by atoms with van der Waals surface area (Å²) in [5.74, 6) is 0.0642. The molecule has 154 valence electrons. The molecule has 29 heavy (non-hydrogen) atoms. The molecule has 0 aliphatic heterocycles. The number of nitrogens with one attached hydrogen (secondary N) is 2. The minimum absolute atomic E-state index is 0.113. The maximum absolute atomic E-state index is 12.6. The number of anilines is 1. The van der Waals surface area contributed by atoms with E-state index in [1.165, 1.54) is 4.90 Å². The van der Waals surface area contributed by atoms with Crippen LogP contribution in [-0.4, -0.2) is 42.5 Å². The van der Waals surface area contributed by atoms with Gasteiger partial charge < -0.3 is 15.0 Å². The highest BCUT2D eigenvalue weighted by atomic mass is 32.1. The van der Waals surface area contributed by atoms with Gasteiger partial charge in [0.2, 0.25) is 0 Å². The Labute approximate surface area is 177 Å². The SMILES string of the molecule is CCCCCOc1ccccc1C(=O)NC(=S)Nc1cccc(C(=O)N(C)C)c1. The van der Waals surface area contributed by atoms with Crippen molar-refractivity contribution in [2.45, 2.75) is 26.2 Å². The highest BCUT2D eigenvalue weighted by Crippen LogP contribution is 2.18. The first kappa shape index (κ1) is 22.4. The quantitative estimate of drug-likeness (QED) is 0.504. The van der Waals surface area contributed by atoms with Gasteiger partial charge in [0.15, 0.2) is 5.11 Å². The van der Waals surface area contributed by atoms with E-state index in [1.807, 2.05) is 6.07 Å². The van der Waals surface area contributed by atoms with Crippen molar-refractivity contribution in [1.82, 2.24) is 10.2 Å². The third-order valence-corrected chi connectivity index (χ3v) is 4.34. The highest BCUT2D eigenvalue weighted by molar-refractivity contribution is 7.80. The minimum atomic E-state index is -0.353. The average Bonchev–Trinajstić information content (AvgIpc) is 2.71. The molecular weight excluding hydrogens is 386 g/mol. The number of carbonyl (C=O) groups is 2. The van der Waals surface area contributed by atoms with Crippen LogP contribution in [0.15, 0.2) is 48.5 Å². The Kier molecular flexibility index (Phi) is 8.61. The monoisotopic (exact) mass is 413 g/mol. The van der Waals surface area contributed by atoms with Gasteiger partial charge in [0.1, 0.15) is 5.75 Å². The van der Waals surface area contributed by atoms with Crippen LogP contribution < -0.4 is 15.4 Å². The highest BCUT2D eigenvalue weighted by Gasteiger charge is 2.14. The number of amides is 2. The molecule has 0 aliphatic rings. The van der Waals surface area contributed by atoms with Gasteiger partial charge in [-0.3, -0.25) is 14.9 Å². The van der Waals surface area contributed by atoms with E-state index in [2.05, 4.69) is 17.6 Å². The molecule has 2 rings (SSSR count). The summed E-state index contributed by atoms with van der Waals surface area (Å²) in [6.07, 6.45) is 3.12. The largest absolute Gasteiger partial charge is 0.493 e. The Hall–Kier alpha value is -2.93. The second-order valence-electron chi connectivity index (χ2n) is 6.74. The zero-order valence-corrected chi connectivity index (χ0v) is 17.8. The number of nitrogens with zero attached hydrogens (tertiary/aromatic N) is 1. The zero-order valence-electron chi connectivity index (χ0n) is 17.0. The van der Waals surface area contributed by atoms with E-state index in [0.717, 1.165) is 19.3 Å². The molecule has 0 aliphatic carbocycles. The molecule has 0 saturated carbocycles. The standard InChI is InChI=1S/C22H27N3O3S/c1-4-5-8-14-28-19-13-7-6-12-18(19)20(26)24-22(29)23-17-11-9-10-16(15-17)21(27)25(2)3/h6-7,9-13,15H,4-5,8,14H2,1-3H3,(H2,23,24,26,29). The number of para-hydroxylation sites is 1. The lowest BCUT2D eigenvalue weighted by Gasteiger charge is -2.14. The second kappa shape index (κ2) is 11.2. The molecule has 2 N–H and O–H groups in total. The Morgan fingerprint density at radius 2 is 1.83 bits per heavy atom. The molecule has 0 fully saturated rings. The van der Waals surface area contributed by atoms with Gasteiger partial charge in [-0.05, 0) is 49.0 Å². The maximum atomic E-state index is 12.6. The van der Waals surface area contributed by atoms with Crippen molar-refractivity contribution in [2.24, 2.45) is 0 Å². The van der Waals surface area contributed by atoms with Crippen LogP contribution in [0.5, 0.6) is 5.75 Å². The third kappa shape index (κ3) is 6.87. The summed E-state index contributed by atoms with van der Waals surface area (Å²) in [7, 11) is 3.38. The number of rotatable bonds is 8. The van der Waals surface area contributed by atoms with Crippen molar-refractivity contribution in [3.05, 3.63) is 59.7 Å². The number of ether oxygens (including phenoxy) is 1. The Balaban J connectivity index is 2.00. The van der Waals surface area contributed by atoms with Gasteiger partial charge in [-0.2, -0.15) is 0 Å². The summed E-state index contributed by atoms with van der Waals surface area (Å²) in [5, 5.41) is 5.75. The normalized spacial score (nSPS) is 10.2. The summed E-state index contributed by atoms with van der Waals surface area (Å²) >= 11 is 5.26. The fourth-order valence-electron chi connectivity index (χ4n) is 2.64. The summed E-state index contributed by atoms with van der Waals surface area (Å²) in [4.78, 5) is 26.2. The number of unbranched alkanes of at least 4 members (excludes halogenated alkanes) is 2. The molecule has 0 bridgehead atoms. The lowest BCUT2D eigenvalue weighted by Crippen LogP contribution is -2.34. The molecule has 0 spiro atoms. The summed E-state index contributed by atoms with van der Waals surface area (Å²) in [6.45, 7) is 2.69. The lowest BCUT2D eigenvalue weighted by molar-refractivity contribution is 0.0827. The molecule has 7 heteroatoms. The van der Waals surface area contributed by atoms with Crippen LogP contribution in [0.3, 0.4) is 0 Å². The molecule has 6 nitrogen and oxygen atoms in total. The van der Waals surface area contributed by atoms with Gasteiger partial charge in [-0.25, -0.2) is 0 Å². The third-order valence-electron chi connectivity index (χ3n) is 4.14. The Morgan fingerprint density at radius 3 is 2.55 bits per heavy atom. The van der Waals surface area contributed by atoms with Gasteiger partial charge in [0, 0.05) is 25.3 Å². The molecule has 0 atom stereocenters. The predicted molar refractivity (Wildman–Crippen MR) is 120 cm³/mol. The molecule has 2 amide bonds. The molecule has 0 radical (unpaired) electrons. The van der Waals surface area contributed by atoms with E-state index < -0.39 is 0 Å². The zero-order chi connectivity index (χ0) is 21.2. The molecule has 0 unspecified atom stereocenters. The fraction of sp³-hybridized carbons (Fsp3) is 0.318. The molecule has 0 aromatic heterocycles. The van der Waals surface area contributed by atoms with E-state index in [-0.39, 0.29) is 16.9 Å². The average molecular weight is 414 g/mol. The van der Waals surface area contributed by atoms with Crippen LogP contribution in [0.25, 0.3) is 0 Å². The smallest absolute Gasteiger partial charge is 0.261 e. The van der Waals surface area contributed by atoms with Crippen molar-refractivity contribution in [1.29, 1.82) is 0 Å². The Bertz CT molecular complexity index is 868.